The first-order chi connectivity index (χ1) is 9.63. The van der Waals surface area contributed by atoms with Gasteiger partial charge in [-0.05, 0) is 48.7 Å². The molecule has 1 heterocycles. The maximum atomic E-state index is 5.75. The van der Waals surface area contributed by atoms with E-state index in [0.29, 0.717) is 10.9 Å². The molecule has 4 heteroatoms. The molecule has 3 aromatic rings. The molecule has 0 aliphatic rings. The van der Waals surface area contributed by atoms with E-state index in [0.717, 1.165) is 16.9 Å². The second-order valence-electron chi connectivity index (χ2n) is 4.87. The zero-order chi connectivity index (χ0) is 14.1. The van der Waals surface area contributed by atoms with Crippen molar-refractivity contribution in [3.05, 3.63) is 53.1 Å². The van der Waals surface area contributed by atoms with Gasteiger partial charge in [-0.3, -0.25) is 0 Å². The lowest BCUT2D eigenvalue weighted by Crippen LogP contribution is -1.90. The van der Waals surface area contributed by atoms with E-state index in [9.17, 15) is 0 Å². The minimum Gasteiger partial charge on any atom is -0.431 e. The number of aryl methyl sites for hydroxylation is 2. The normalized spacial score (nSPS) is 11.1. The molecule has 0 amide bonds. The third-order valence-corrected chi connectivity index (χ3v) is 4.23. The van der Waals surface area contributed by atoms with Crippen LogP contribution in [-0.4, -0.2) is 4.98 Å². The van der Waals surface area contributed by atoms with Gasteiger partial charge in [0.05, 0.1) is 0 Å². The van der Waals surface area contributed by atoms with Crippen LogP contribution >= 0.6 is 11.8 Å². The molecule has 3 rings (SSSR count). The van der Waals surface area contributed by atoms with Crippen molar-refractivity contribution in [1.82, 2.24) is 4.98 Å². The highest BCUT2D eigenvalue weighted by Gasteiger charge is 2.09. The second-order valence-corrected chi connectivity index (χ2v) is 5.79. The second kappa shape index (κ2) is 5.21. The first kappa shape index (κ1) is 13.1. The molecule has 0 spiro atoms. The van der Waals surface area contributed by atoms with E-state index in [1.54, 1.807) is 11.8 Å². The SMILES string of the molecule is Cc1cccc(C)c1CSc1nc2cc(N)ccc2o1. The molecule has 0 fully saturated rings. The Morgan fingerprint density at radius 3 is 2.65 bits per heavy atom. The summed E-state index contributed by atoms with van der Waals surface area (Å²) in [4.78, 5) is 4.46. The highest BCUT2D eigenvalue weighted by atomic mass is 32.2. The zero-order valence-corrected chi connectivity index (χ0v) is 12.3. The number of benzene rings is 2. The first-order valence-corrected chi connectivity index (χ1v) is 7.46. The van der Waals surface area contributed by atoms with Crippen LogP contribution in [0.4, 0.5) is 5.69 Å². The minimum atomic E-state index is 0.688. The fourth-order valence-corrected chi connectivity index (χ4v) is 3.23. The number of nitrogens with two attached hydrogens (primary N) is 1. The predicted molar refractivity (Wildman–Crippen MR) is 83.9 cm³/mol. The number of aromatic nitrogens is 1. The fraction of sp³-hybridized carbons (Fsp3) is 0.188. The number of oxazole rings is 1. The van der Waals surface area contributed by atoms with Crippen molar-refractivity contribution >= 4 is 28.5 Å². The van der Waals surface area contributed by atoms with Crippen molar-refractivity contribution in [2.24, 2.45) is 0 Å². The monoisotopic (exact) mass is 284 g/mol. The minimum absolute atomic E-state index is 0.688. The van der Waals surface area contributed by atoms with Gasteiger partial charge in [0.15, 0.2) is 5.58 Å². The fourth-order valence-electron chi connectivity index (χ4n) is 2.20. The van der Waals surface area contributed by atoms with Gasteiger partial charge in [-0.15, -0.1) is 0 Å². The molecule has 2 N–H and O–H groups in total. The zero-order valence-electron chi connectivity index (χ0n) is 11.5. The lowest BCUT2D eigenvalue weighted by atomic mass is 10.1. The molecule has 2 aromatic carbocycles. The van der Waals surface area contributed by atoms with E-state index in [2.05, 4.69) is 37.0 Å². The van der Waals surface area contributed by atoms with Gasteiger partial charge < -0.3 is 10.2 Å². The van der Waals surface area contributed by atoms with Crippen molar-refractivity contribution in [2.75, 3.05) is 5.73 Å². The van der Waals surface area contributed by atoms with E-state index in [-0.39, 0.29) is 0 Å². The molecule has 0 saturated heterocycles. The van der Waals surface area contributed by atoms with E-state index in [4.69, 9.17) is 10.2 Å². The summed E-state index contributed by atoms with van der Waals surface area (Å²) in [6, 6.07) is 11.9. The van der Waals surface area contributed by atoms with Crippen LogP contribution < -0.4 is 5.73 Å². The van der Waals surface area contributed by atoms with Gasteiger partial charge in [0, 0.05) is 11.4 Å². The summed E-state index contributed by atoms with van der Waals surface area (Å²) < 4.78 is 5.72. The molecule has 0 radical (unpaired) electrons. The van der Waals surface area contributed by atoms with Crippen LogP contribution in [0.5, 0.6) is 0 Å². The number of hydrogen-bond donors (Lipinski definition) is 1. The Labute approximate surface area is 122 Å². The highest BCUT2D eigenvalue weighted by molar-refractivity contribution is 7.98. The van der Waals surface area contributed by atoms with Crippen molar-refractivity contribution in [3.63, 3.8) is 0 Å². The Balaban J connectivity index is 1.83. The average Bonchev–Trinajstić information content (AvgIpc) is 2.80. The summed E-state index contributed by atoms with van der Waals surface area (Å²) >= 11 is 1.61. The summed E-state index contributed by atoms with van der Waals surface area (Å²) in [7, 11) is 0. The number of fused-ring (bicyclic) bond motifs is 1. The van der Waals surface area contributed by atoms with Gasteiger partial charge in [-0.25, -0.2) is 4.98 Å². The van der Waals surface area contributed by atoms with Crippen LogP contribution in [0, 0.1) is 13.8 Å². The lowest BCUT2D eigenvalue weighted by Gasteiger charge is -2.07. The molecule has 20 heavy (non-hydrogen) atoms. The largest absolute Gasteiger partial charge is 0.431 e. The Kier molecular flexibility index (Phi) is 3.40. The number of rotatable bonds is 3. The highest BCUT2D eigenvalue weighted by Crippen LogP contribution is 2.29. The predicted octanol–water partition coefficient (Wildman–Crippen LogP) is 4.32. The van der Waals surface area contributed by atoms with Crippen molar-refractivity contribution < 1.29 is 4.42 Å². The maximum Gasteiger partial charge on any atom is 0.257 e. The molecule has 0 atom stereocenters. The molecular weight excluding hydrogens is 268 g/mol. The topological polar surface area (TPSA) is 52.0 Å². The molecule has 0 aliphatic carbocycles. The van der Waals surface area contributed by atoms with Gasteiger partial charge in [0.1, 0.15) is 5.52 Å². The number of thioether (sulfide) groups is 1. The standard InChI is InChI=1S/C16H16N2OS/c1-10-4-3-5-11(2)13(10)9-20-16-18-14-8-12(17)6-7-15(14)19-16/h3-8H,9,17H2,1-2H3. The van der Waals surface area contributed by atoms with Crippen LogP contribution in [0.25, 0.3) is 11.1 Å². The molecule has 0 aliphatic heterocycles. The van der Waals surface area contributed by atoms with Crippen LogP contribution in [-0.2, 0) is 5.75 Å². The van der Waals surface area contributed by atoms with Gasteiger partial charge in [0.2, 0.25) is 0 Å². The Morgan fingerprint density at radius 1 is 1.15 bits per heavy atom. The van der Waals surface area contributed by atoms with Crippen LogP contribution in [0.15, 0.2) is 46.0 Å². The Morgan fingerprint density at radius 2 is 1.90 bits per heavy atom. The van der Waals surface area contributed by atoms with E-state index >= 15 is 0 Å². The third kappa shape index (κ3) is 2.51. The smallest absolute Gasteiger partial charge is 0.257 e. The molecule has 1 aromatic heterocycles. The van der Waals surface area contributed by atoms with E-state index in [1.807, 2.05) is 18.2 Å². The van der Waals surface area contributed by atoms with Gasteiger partial charge in [0.25, 0.3) is 5.22 Å². The van der Waals surface area contributed by atoms with Crippen molar-refractivity contribution in [2.45, 2.75) is 24.8 Å². The summed E-state index contributed by atoms with van der Waals surface area (Å²) in [5.41, 5.74) is 12.0. The average molecular weight is 284 g/mol. The van der Waals surface area contributed by atoms with Crippen LogP contribution in [0.2, 0.25) is 0 Å². The molecule has 0 unspecified atom stereocenters. The van der Waals surface area contributed by atoms with Crippen LogP contribution in [0.3, 0.4) is 0 Å². The quantitative estimate of drug-likeness (QED) is 0.575. The van der Waals surface area contributed by atoms with E-state index in [1.165, 1.54) is 16.7 Å². The van der Waals surface area contributed by atoms with Gasteiger partial charge in [-0.2, -0.15) is 0 Å². The summed E-state index contributed by atoms with van der Waals surface area (Å²) in [5, 5.41) is 0.688. The maximum absolute atomic E-state index is 5.75. The summed E-state index contributed by atoms with van der Waals surface area (Å²) in [5.74, 6) is 0.862. The first-order valence-electron chi connectivity index (χ1n) is 6.47. The number of hydrogen-bond acceptors (Lipinski definition) is 4. The summed E-state index contributed by atoms with van der Waals surface area (Å²) in [6.45, 7) is 4.27. The lowest BCUT2D eigenvalue weighted by molar-refractivity contribution is 0.489. The Hall–Kier alpha value is -1.94. The van der Waals surface area contributed by atoms with Gasteiger partial charge in [-0.1, -0.05) is 30.0 Å². The number of nitrogen functional groups attached to an aromatic ring is 1. The summed E-state index contributed by atoms with van der Waals surface area (Å²) in [6.07, 6.45) is 0. The molecule has 102 valence electrons. The van der Waals surface area contributed by atoms with Crippen LogP contribution in [0.1, 0.15) is 16.7 Å². The van der Waals surface area contributed by atoms with Crippen molar-refractivity contribution in [3.8, 4) is 0 Å². The van der Waals surface area contributed by atoms with E-state index < -0.39 is 0 Å². The number of nitrogens with zero attached hydrogens (tertiary/aromatic N) is 1. The Bertz CT molecular complexity index is 744. The molecule has 0 bridgehead atoms. The van der Waals surface area contributed by atoms with Gasteiger partial charge >= 0.3 is 0 Å². The molecule has 0 saturated carbocycles. The third-order valence-electron chi connectivity index (χ3n) is 3.38. The molecular formula is C16H16N2OS. The molecule has 3 nitrogen and oxygen atoms in total. The number of anilines is 1. The van der Waals surface area contributed by atoms with Crippen molar-refractivity contribution in [1.29, 1.82) is 0 Å².